The topological polar surface area (TPSA) is 58.4 Å². The summed E-state index contributed by atoms with van der Waals surface area (Å²) in [4.78, 5) is 14.4. The summed E-state index contributed by atoms with van der Waals surface area (Å²) in [5.74, 6) is -0.00826. The Balaban J connectivity index is 0.000000196. The molecule has 3 N–H and O–H groups in total. The first-order valence-corrected chi connectivity index (χ1v) is 12.8. The van der Waals surface area contributed by atoms with Crippen molar-refractivity contribution in [3.63, 3.8) is 0 Å². The molecule has 0 radical (unpaired) electrons. The lowest BCUT2D eigenvalue weighted by atomic mass is 10.1. The number of nitrogens with two attached hydrogens (primary N) is 1. The van der Waals surface area contributed by atoms with E-state index in [0.29, 0.717) is 5.56 Å². The fourth-order valence-corrected chi connectivity index (χ4v) is 5.32. The molecule has 2 unspecified atom stereocenters. The number of benzene rings is 3. The van der Waals surface area contributed by atoms with E-state index >= 15 is 0 Å². The number of aryl methyl sites for hydroxylation is 2. The van der Waals surface area contributed by atoms with Crippen molar-refractivity contribution in [1.29, 1.82) is 0 Å². The Hall–Kier alpha value is -2.15. The molecule has 5 rings (SSSR count). The molecule has 0 saturated heterocycles. The van der Waals surface area contributed by atoms with Crippen LogP contribution in [0.3, 0.4) is 0 Å². The zero-order valence-electron chi connectivity index (χ0n) is 18.9. The Kier molecular flexibility index (Phi) is 7.57. The maximum atomic E-state index is 12.4. The number of carbonyl (C=O) groups excluding carboxylic acids is 1. The van der Waals surface area contributed by atoms with Crippen LogP contribution in [-0.4, -0.2) is 20.0 Å². The molecule has 0 aliphatic heterocycles. The lowest BCUT2D eigenvalue weighted by molar-refractivity contribution is 0.0936. The SMILES string of the molecule is CN(C)c1ccc(C(=O)NC2CCc3cc(Br)ccc32)cc1.NC1CCc2cc(Br)ccc21. The van der Waals surface area contributed by atoms with Crippen LogP contribution in [0.5, 0.6) is 0 Å². The summed E-state index contributed by atoms with van der Waals surface area (Å²) in [5, 5.41) is 3.15. The molecule has 0 fully saturated rings. The molecule has 3 aromatic carbocycles. The zero-order valence-corrected chi connectivity index (χ0v) is 22.1. The molecule has 4 nitrogen and oxygen atoms in total. The molecular formula is C27H29Br2N3O. The molecule has 2 aliphatic rings. The number of rotatable bonds is 3. The smallest absolute Gasteiger partial charge is 0.251 e. The van der Waals surface area contributed by atoms with Gasteiger partial charge in [-0.05, 0) is 96.5 Å². The number of halogens is 2. The lowest BCUT2D eigenvalue weighted by Crippen LogP contribution is -2.27. The molecule has 6 heteroatoms. The van der Waals surface area contributed by atoms with Gasteiger partial charge in [-0.2, -0.15) is 0 Å². The van der Waals surface area contributed by atoms with Gasteiger partial charge in [-0.15, -0.1) is 0 Å². The van der Waals surface area contributed by atoms with E-state index in [9.17, 15) is 4.79 Å². The Morgan fingerprint density at radius 3 is 2.09 bits per heavy atom. The van der Waals surface area contributed by atoms with Gasteiger partial charge in [-0.1, -0.05) is 44.0 Å². The minimum atomic E-state index is -0.00826. The summed E-state index contributed by atoms with van der Waals surface area (Å²) >= 11 is 6.94. The van der Waals surface area contributed by atoms with E-state index in [4.69, 9.17) is 5.73 Å². The molecular weight excluding hydrogens is 542 g/mol. The van der Waals surface area contributed by atoms with Crippen molar-refractivity contribution < 1.29 is 4.79 Å². The third-order valence-electron chi connectivity index (χ3n) is 6.36. The third-order valence-corrected chi connectivity index (χ3v) is 7.35. The highest BCUT2D eigenvalue weighted by molar-refractivity contribution is 9.10. The largest absolute Gasteiger partial charge is 0.378 e. The maximum absolute atomic E-state index is 12.4. The molecule has 172 valence electrons. The van der Waals surface area contributed by atoms with Gasteiger partial charge in [0.25, 0.3) is 5.91 Å². The third kappa shape index (κ3) is 5.68. The van der Waals surface area contributed by atoms with Crippen molar-refractivity contribution in [3.05, 3.63) is 97.4 Å². The van der Waals surface area contributed by atoms with Crippen molar-refractivity contribution in [1.82, 2.24) is 5.32 Å². The number of anilines is 1. The van der Waals surface area contributed by atoms with Crippen LogP contribution in [-0.2, 0) is 12.8 Å². The molecule has 2 aliphatic carbocycles. The molecule has 0 saturated carbocycles. The number of carbonyl (C=O) groups is 1. The number of nitrogens with one attached hydrogen (secondary N) is 1. The van der Waals surface area contributed by atoms with E-state index in [0.717, 1.165) is 40.3 Å². The summed E-state index contributed by atoms with van der Waals surface area (Å²) in [7, 11) is 3.98. The quantitative estimate of drug-likeness (QED) is 0.387. The second kappa shape index (κ2) is 10.4. The Morgan fingerprint density at radius 1 is 0.879 bits per heavy atom. The lowest BCUT2D eigenvalue weighted by Gasteiger charge is -2.16. The fourth-order valence-electron chi connectivity index (χ4n) is 4.51. The van der Waals surface area contributed by atoms with E-state index in [2.05, 4.69) is 67.5 Å². The molecule has 0 heterocycles. The maximum Gasteiger partial charge on any atom is 0.251 e. The molecule has 1 amide bonds. The highest BCUT2D eigenvalue weighted by Crippen LogP contribution is 2.33. The van der Waals surface area contributed by atoms with Crippen LogP contribution >= 0.6 is 31.9 Å². The first kappa shape index (κ1) is 24.0. The van der Waals surface area contributed by atoms with Gasteiger partial charge in [0.15, 0.2) is 0 Å². The van der Waals surface area contributed by atoms with Gasteiger partial charge in [-0.3, -0.25) is 4.79 Å². The number of nitrogens with zero attached hydrogens (tertiary/aromatic N) is 1. The van der Waals surface area contributed by atoms with Crippen LogP contribution in [0.1, 0.15) is 57.5 Å². The van der Waals surface area contributed by atoms with E-state index in [1.165, 1.54) is 22.3 Å². The number of amides is 1. The van der Waals surface area contributed by atoms with Gasteiger partial charge in [0.1, 0.15) is 0 Å². The van der Waals surface area contributed by atoms with Crippen molar-refractivity contribution in [2.24, 2.45) is 5.73 Å². The van der Waals surface area contributed by atoms with Gasteiger partial charge in [0.05, 0.1) is 6.04 Å². The standard InChI is InChI=1S/C18H19BrN2O.C9H10BrN/c1-21(2)15-7-3-12(4-8-15)18(22)20-17-10-5-13-11-14(19)6-9-16(13)17;10-7-2-3-8-6(5-7)1-4-9(8)11/h3-4,6-9,11,17H,5,10H2,1-2H3,(H,20,22);2-3,5,9H,1,4,11H2. The fraction of sp³-hybridized carbons (Fsp3) is 0.296. The van der Waals surface area contributed by atoms with E-state index in [1.807, 2.05) is 49.3 Å². The Morgan fingerprint density at radius 2 is 1.45 bits per heavy atom. The average molecular weight is 571 g/mol. The summed E-state index contributed by atoms with van der Waals surface area (Å²) < 4.78 is 2.25. The van der Waals surface area contributed by atoms with E-state index in [-0.39, 0.29) is 18.0 Å². The minimum absolute atomic E-state index is 0.00826. The minimum Gasteiger partial charge on any atom is -0.378 e. The van der Waals surface area contributed by atoms with Crippen LogP contribution in [0, 0.1) is 0 Å². The number of hydrogen-bond acceptors (Lipinski definition) is 3. The predicted octanol–water partition coefficient (Wildman–Crippen LogP) is 6.33. The first-order valence-electron chi connectivity index (χ1n) is 11.2. The second-order valence-electron chi connectivity index (χ2n) is 8.84. The predicted molar refractivity (Wildman–Crippen MR) is 143 cm³/mol. The average Bonchev–Trinajstić information content (AvgIpc) is 3.36. The summed E-state index contributed by atoms with van der Waals surface area (Å²) in [6.07, 6.45) is 4.22. The number of fused-ring (bicyclic) bond motifs is 2. The van der Waals surface area contributed by atoms with Gasteiger partial charge in [-0.25, -0.2) is 0 Å². The Labute approximate surface area is 212 Å². The van der Waals surface area contributed by atoms with E-state index < -0.39 is 0 Å². The van der Waals surface area contributed by atoms with Crippen LogP contribution in [0.4, 0.5) is 5.69 Å². The normalized spacial score (nSPS) is 18.1. The highest BCUT2D eigenvalue weighted by Gasteiger charge is 2.24. The molecule has 0 aromatic heterocycles. The van der Waals surface area contributed by atoms with Crippen LogP contribution in [0.25, 0.3) is 0 Å². The summed E-state index contributed by atoms with van der Waals surface area (Å²) in [5.41, 5.74) is 13.0. The molecule has 33 heavy (non-hydrogen) atoms. The van der Waals surface area contributed by atoms with Crippen molar-refractivity contribution in [2.75, 3.05) is 19.0 Å². The summed E-state index contributed by atoms with van der Waals surface area (Å²) in [6.45, 7) is 0. The van der Waals surface area contributed by atoms with Crippen LogP contribution in [0.2, 0.25) is 0 Å². The highest BCUT2D eigenvalue weighted by atomic mass is 79.9. The van der Waals surface area contributed by atoms with Crippen LogP contribution < -0.4 is 16.0 Å². The van der Waals surface area contributed by atoms with Gasteiger partial charge >= 0.3 is 0 Å². The molecule has 0 bridgehead atoms. The van der Waals surface area contributed by atoms with Crippen molar-refractivity contribution in [3.8, 4) is 0 Å². The summed E-state index contributed by atoms with van der Waals surface area (Å²) in [6, 6.07) is 20.7. The van der Waals surface area contributed by atoms with Gasteiger partial charge < -0.3 is 16.0 Å². The monoisotopic (exact) mass is 569 g/mol. The van der Waals surface area contributed by atoms with Gasteiger partial charge in [0, 0.05) is 40.3 Å². The van der Waals surface area contributed by atoms with Crippen molar-refractivity contribution >= 4 is 43.5 Å². The molecule has 0 spiro atoms. The second-order valence-corrected chi connectivity index (χ2v) is 10.7. The van der Waals surface area contributed by atoms with E-state index in [1.54, 1.807) is 0 Å². The Bertz CT molecular complexity index is 1140. The van der Waals surface area contributed by atoms with Crippen LogP contribution in [0.15, 0.2) is 69.6 Å². The first-order chi connectivity index (χ1) is 15.8. The molecule has 2 atom stereocenters. The van der Waals surface area contributed by atoms with Gasteiger partial charge in [0.2, 0.25) is 0 Å². The number of hydrogen-bond donors (Lipinski definition) is 2. The zero-order chi connectivity index (χ0) is 23.5. The molecule has 3 aromatic rings. The van der Waals surface area contributed by atoms with Crippen molar-refractivity contribution in [2.45, 2.75) is 37.8 Å².